The van der Waals surface area contributed by atoms with Crippen LogP contribution in [0, 0.1) is 0 Å². The molecule has 1 aliphatic heterocycles. The summed E-state index contributed by atoms with van der Waals surface area (Å²) in [5, 5.41) is 7.86. The van der Waals surface area contributed by atoms with Crippen molar-refractivity contribution in [2.75, 3.05) is 6.61 Å². The lowest BCUT2D eigenvalue weighted by Gasteiger charge is -2.06. The molecule has 3 aromatic rings. The molecule has 0 amide bonds. The quantitative estimate of drug-likeness (QED) is 0.718. The summed E-state index contributed by atoms with van der Waals surface area (Å²) in [6.45, 7) is 0.481. The Morgan fingerprint density at radius 2 is 2.24 bits per heavy atom. The van der Waals surface area contributed by atoms with Crippen LogP contribution in [0.2, 0.25) is 0 Å². The van der Waals surface area contributed by atoms with E-state index in [1.165, 1.54) is 6.07 Å². The van der Waals surface area contributed by atoms with Gasteiger partial charge in [0.2, 0.25) is 21.7 Å². The van der Waals surface area contributed by atoms with Gasteiger partial charge in [-0.2, -0.15) is 10.1 Å². The van der Waals surface area contributed by atoms with Crippen LogP contribution in [0.3, 0.4) is 0 Å². The summed E-state index contributed by atoms with van der Waals surface area (Å²) in [5.41, 5.74) is 1.58. The highest BCUT2D eigenvalue weighted by molar-refractivity contribution is 7.89. The number of rotatable bonds is 5. The molecule has 10 heteroatoms. The van der Waals surface area contributed by atoms with Crippen molar-refractivity contribution in [3.05, 3.63) is 42.0 Å². The molecule has 25 heavy (non-hydrogen) atoms. The first-order chi connectivity index (χ1) is 12.0. The highest BCUT2D eigenvalue weighted by Gasteiger charge is 2.20. The van der Waals surface area contributed by atoms with E-state index >= 15 is 0 Å². The fourth-order valence-electron chi connectivity index (χ4n) is 2.55. The van der Waals surface area contributed by atoms with Crippen molar-refractivity contribution in [2.24, 2.45) is 7.05 Å². The van der Waals surface area contributed by atoms with E-state index in [9.17, 15) is 8.42 Å². The van der Waals surface area contributed by atoms with Gasteiger partial charge in [-0.3, -0.25) is 4.68 Å². The zero-order valence-electron chi connectivity index (χ0n) is 13.3. The molecular weight excluding hydrogens is 346 g/mol. The molecule has 130 valence electrons. The van der Waals surface area contributed by atoms with Gasteiger partial charge >= 0.3 is 0 Å². The van der Waals surface area contributed by atoms with Crippen LogP contribution in [0.1, 0.15) is 11.5 Å². The van der Waals surface area contributed by atoms with Gasteiger partial charge < -0.3 is 9.26 Å². The van der Waals surface area contributed by atoms with Crippen molar-refractivity contribution < 1.29 is 17.7 Å². The topological polar surface area (TPSA) is 112 Å². The number of aryl methyl sites for hydroxylation is 1. The van der Waals surface area contributed by atoms with E-state index in [1.54, 1.807) is 36.3 Å². The second-order valence-corrected chi connectivity index (χ2v) is 7.37. The van der Waals surface area contributed by atoms with Crippen LogP contribution in [0.15, 0.2) is 40.0 Å². The minimum Gasteiger partial charge on any atom is -0.493 e. The van der Waals surface area contributed by atoms with Crippen molar-refractivity contribution in [3.8, 4) is 17.1 Å². The largest absolute Gasteiger partial charge is 0.493 e. The SMILES string of the molecule is Cn1cc(-c2noc(CNS(=O)(=O)c3ccc4c(c3)CCO4)n2)cn1. The van der Waals surface area contributed by atoms with Gasteiger partial charge in [0.1, 0.15) is 5.75 Å². The molecule has 1 aromatic carbocycles. The highest BCUT2D eigenvalue weighted by Crippen LogP contribution is 2.27. The van der Waals surface area contributed by atoms with E-state index < -0.39 is 10.0 Å². The highest BCUT2D eigenvalue weighted by atomic mass is 32.2. The van der Waals surface area contributed by atoms with E-state index in [1.807, 2.05) is 0 Å². The first-order valence-corrected chi connectivity index (χ1v) is 9.06. The van der Waals surface area contributed by atoms with Crippen molar-refractivity contribution in [2.45, 2.75) is 17.9 Å². The molecule has 0 bridgehead atoms. The second-order valence-electron chi connectivity index (χ2n) is 5.61. The lowest BCUT2D eigenvalue weighted by atomic mass is 10.2. The van der Waals surface area contributed by atoms with Crippen LogP contribution >= 0.6 is 0 Å². The van der Waals surface area contributed by atoms with E-state index in [0.29, 0.717) is 24.4 Å². The Morgan fingerprint density at radius 3 is 3.04 bits per heavy atom. The summed E-state index contributed by atoms with van der Waals surface area (Å²) in [4.78, 5) is 4.35. The summed E-state index contributed by atoms with van der Waals surface area (Å²) < 4.78 is 39.4. The molecule has 1 N–H and O–H groups in total. The maximum Gasteiger partial charge on any atom is 0.242 e. The smallest absolute Gasteiger partial charge is 0.242 e. The van der Waals surface area contributed by atoms with Gasteiger partial charge in [-0.05, 0) is 23.8 Å². The number of sulfonamides is 1. The minimum atomic E-state index is -3.68. The molecular formula is C15H15N5O4S. The molecule has 2 aromatic heterocycles. The molecule has 0 fully saturated rings. The van der Waals surface area contributed by atoms with E-state index in [4.69, 9.17) is 9.26 Å². The molecule has 1 aliphatic rings. The second kappa shape index (κ2) is 5.97. The Labute approximate surface area is 143 Å². The summed E-state index contributed by atoms with van der Waals surface area (Å²) in [6.07, 6.45) is 4.05. The molecule has 0 radical (unpaired) electrons. The first kappa shape index (κ1) is 15.8. The monoisotopic (exact) mass is 361 g/mol. The summed E-state index contributed by atoms with van der Waals surface area (Å²) in [5.74, 6) is 1.26. The zero-order chi connectivity index (χ0) is 17.4. The number of aromatic nitrogens is 4. The predicted molar refractivity (Wildman–Crippen MR) is 86.2 cm³/mol. The van der Waals surface area contributed by atoms with E-state index in [2.05, 4.69) is 20.0 Å². The van der Waals surface area contributed by atoms with Crippen molar-refractivity contribution in [1.29, 1.82) is 0 Å². The van der Waals surface area contributed by atoms with Crippen molar-refractivity contribution >= 4 is 10.0 Å². The third-order valence-electron chi connectivity index (χ3n) is 3.82. The van der Waals surface area contributed by atoms with Gasteiger partial charge in [-0.15, -0.1) is 0 Å². The van der Waals surface area contributed by atoms with Gasteiger partial charge in [-0.1, -0.05) is 5.16 Å². The van der Waals surface area contributed by atoms with Gasteiger partial charge in [-0.25, -0.2) is 13.1 Å². The number of hydrogen-bond acceptors (Lipinski definition) is 7. The van der Waals surface area contributed by atoms with Crippen LogP contribution in [0.5, 0.6) is 5.75 Å². The average Bonchev–Trinajstić information content (AvgIpc) is 3.32. The van der Waals surface area contributed by atoms with Gasteiger partial charge in [0.25, 0.3) is 0 Å². The third-order valence-corrected chi connectivity index (χ3v) is 5.21. The van der Waals surface area contributed by atoms with Crippen LogP contribution in [-0.2, 0) is 30.0 Å². The molecule has 0 unspecified atom stereocenters. The molecule has 0 saturated carbocycles. The normalized spacial score (nSPS) is 13.6. The number of hydrogen-bond donors (Lipinski definition) is 1. The maximum atomic E-state index is 12.4. The molecule has 0 atom stereocenters. The van der Waals surface area contributed by atoms with Gasteiger partial charge in [0.15, 0.2) is 0 Å². The molecule has 0 aliphatic carbocycles. The molecule has 4 rings (SSSR count). The number of benzene rings is 1. The van der Waals surface area contributed by atoms with E-state index in [-0.39, 0.29) is 17.3 Å². The van der Waals surface area contributed by atoms with Crippen molar-refractivity contribution in [3.63, 3.8) is 0 Å². The zero-order valence-corrected chi connectivity index (χ0v) is 14.2. The fraction of sp³-hybridized carbons (Fsp3) is 0.267. The summed E-state index contributed by atoms with van der Waals surface area (Å²) in [7, 11) is -1.90. The Bertz CT molecular complexity index is 1020. The Balaban J connectivity index is 1.48. The average molecular weight is 361 g/mol. The number of ether oxygens (including phenoxy) is 1. The minimum absolute atomic E-state index is 0.0941. The third kappa shape index (κ3) is 3.13. The number of nitrogens with one attached hydrogen (secondary N) is 1. The molecule has 0 spiro atoms. The summed E-state index contributed by atoms with van der Waals surface area (Å²) in [6, 6.07) is 4.81. The van der Waals surface area contributed by atoms with Gasteiger partial charge in [0, 0.05) is 19.7 Å². The number of fused-ring (bicyclic) bond motifs is 1. The van der Waals surface area contributed by atoms with Crippen molar-refractivity contribution in [1.82, 2.24) is 24.6 Å². The molecule has 3 heterocycles. The standard InChI is InChI=1S/C15H15N5O4S/c1-20-9-11(7-16-20)15-18-14(24-19-15)8-17-25(21,22)12-2-3-13-10(6-12)4-5-23-13/h2-3,6-7,9,17H,4-5,8H2,1H3. The van der Waals surface area contributed by atoms with Gasteiger partial charge in [0.05, 0.1) is 29.8 Å². The van der Waals surface area contributed by atoms with E-state index in [0.717, 1.165) is 11.3 Å². The lowest BCUT2D eigenvalue weighted by molar-refractivity contribution is 0.356. The van der Waals surface area contributed by atoms with Crippen LogP contribution in [0.25, 0.3) is 11.4 Å². The summed E-state index contributed by atoms with van der Waals surface area (Å²) >= 11 is 0. The predicted octanol–water partition coefficient (Wildman–Crippen LogP) is 0.883. The molecule has 9 nitrogen and oxygen atoms in total. The Hall–Kier alpha value is -2.72. The fourth-order valence-corrected chi connectivity index (χ4v) is 3.58. The first-order valence-electron chi connectivity index (χ1n) is 7.58. The lowest BCUT2D eigenvalue weighted by Crippen LogP contribution is -2.23. The van der Waals surface area contributed by atoms with Crippen LogP contribution in [0.4, 0.5) is 0 Å². The van der Waals surface area contributed by atoms with Crippen LogP contribution < -0.4 is 9.46 Å². The maximum absolute atomic E-state index is 12.4. The molecule has 0 saturated heterocycles. The number of nitrogens with zero attached hydrogens (tertiary/aromatic N) is 4. The van der Waals surface area contributed by atoms with Crippen LogP contribution in [-0.4, -0.2) is 34.9 Å². The Morgan fingerprint density at radius 1 is 1.36 bits per heavy atom. The Kier molecular flexibility index (Phi) is 3.77.